The second kappa shape index (κ2) is 5.18. The normalized spacial score (nSPS) is 10.4. The zero-order valence-corrected chi connectivity index (χ0v) is 11.2. The van der Waals surface area contributed by atoms with E-state index < -0.39 is 0 Å². The summed E-state index contributed by atoms with van der Waals surface area (Å²) in [5.41, 5.74) is 3.47. The number of hydrogen-bond acceptors (Lipinski definition) is 6. The van der Waals surface area contributed by atoms with Gasteiger partial charge in [-0.05, 0) is 13.8 Å². The van der Waals surface area contributed by atoms with E-state index in [0.29, 0.717) is 5.69 Å². The highest BCUT2D eigenvalue weighted by Crippen LogP contribution is 2.24. The van der Waals surface area contributed by atoms with E-state index in [2.05, 4.69) is 25.2 Å². The van der Waals surface area contributed by atoms with Gasteiger partial charge in [-0.25, -0.2) is 4.98 Å². The van der Waals surface area contributed by atoms with Crippen LogP contribution in [-0.2, 0) is 16.0 Å². The molecule has 0 aliphatic heterocycles. The minimum atomic E-state index is -0.289. The Labute approximate surface area is 108 Å². The molecule has 0 fully saturated rings. The van der Waals surface area contributed by atoms with E-state index in [-0.39, 0.29) is 12.4 Å². The van der Waals surface area contributed by atoms with Crippen LogP contribution >= 0.6 is 11.3 Å². The van der Waals surface area contributed by atoms with Crippen molar-refractivity contribution in [3.8, 4) is 0 Å². The predicted molar refractivity (Wildman–Crippen MR) is 69.2 cm³/mol. The fourth-order valence-electron chi connectivity index (χ4n) is 1.51. The summed E-state index contributed by atoms with van der Waals surface area (Å²) < 4.78 is 4.60. The van der Waals surface area contributed by atoms with Crippen LogP contribution in [0, 0.1) is 13.8 Å². The molecule has 0 unspecified atom stereocenters. The summed E-state index contributed by atoms with van der Waals surface area (Å²) in [5.74, 6) is -0.289. The van der Waals surface area contributed by atoms with E-state index in [4.69, 9.17) is 0 Å². The van der Waals surface area contributed by atoms with E-state index in [1.54, 1.807) is 0 Å². The summed E-state index contributed by atoms with van der Waals surface area (Å²) in [5, 5.41) is 12.8. The van der Waals surface area contributed by atoms with Crippen molar-refractivity contribution >= 4 is 28.1 Å². The van der Waals surface area contributed by atoms with Gasteiger partial charge in [0.05, 0.1) is 36.3 Å². The van der Waals surface area contributed by atoms with Crippen LogP contribution in [0.2, 0.25) is 0 Å². The van der Waals surface area contributed by atoms with Crippen LogP contribution in [0.3, 0.4) is 0 Å². The van der Waals surface area contributed by atoms with Gasteiger partial charge in [0.25, 0.3) is 0 Å². The zero-order valence-electron chi connectivity index (χ0n) is 10.4. The number of rotatable bonds is 4. The van der Waals surface area contributed by atoms with Gasteiger partial charge in [0.15, 0.2) is 5.13 Å². The quantitative estimate of drug-likeness (QED) is 0.827. The van der Waals surface area contributed by atoms with Crippen LogP contribution < -0.4 is 5.32 Å². The highest BCUT2D eigenvalue weighted by molar-refractivity contribution is 7.13. The predicted octanol–water partition coefficient (Wildman–Crippen LogP) is 1.94. The van der Waals surface area contributed by atoms with E-state index >= 15 is 0 Å². The Morgan fingerprint density at radius 1 is 1.56 bits per heavy atom. The second-order valence-corrected chi connectivity index (χ2v) is 4.69. The third-order valence-corrected chi connectivity index (χ3v) is 3.27. The lowest BCUT2D eigenvalue weighted by molar-refractivity contribution is -0.139. The van der Waals surface area contributed by atoms with Crippen molar-refractivity contribution in [3.05, 3.63) is 22.5 Å². The molecule has 2 rings (SSSR count). The molecule has 0 spiro atoms. The average molecular weight is 266 g/mol. The number of nitrogens with one attached hydrogen (secondary N) is 2. The van der Waals surface area contributed by atoms with E-state index in [0.717, 1.165) is 22.2 Å². The Kier molecular flexibility index (Phi) is 3.61. The molecule has 0 aliphatic rings. The number of methoxy groups -OCH3 is 1. The van der Waals surface area contributed by atoms with Crippen molar-refractivity contribution < 1.29 is 9.53 Å². The molecule has 0 amide bonds. The summed E-state index contributed by atoms with van der Waals surface area (Å²) in [6.45, 7) is 3.85. The topological polar surface area (TPSA) is 79.9 Å². The third-order valence-electron chi connectivity index (χ3n) is 2.46. The molecule has 18 heavy (non-hydrogen) atoms. The maximum atomic E-state index is 11.1. The molecule has 7 heteroatoms. The van der Waals surface area contributed by atoms with Crippen LogP contribution in [0.1, 0.15) is 17.1 Å². The molecule has 0 aliphatic carbocycles. The minimum absolute atomic E-state index is 0.192. The van der Waals surface area contributed by atoms with Crippen LogP contribution in [0.25, 0.3) is 0 Å². The Bertz CT molecular complexity index is 542. The van der Waals surface area contributed by atoms with Crippen molar-refractivity contribution in [2.24, 2.45) is 0 Å². The Hall–Kier alpha value is -1.89. The van der Waals surface area contributed by atoms with Crippen molar-refractivity contribution in [1.82, 2.24) is 15.2 Å². The first kappa shape index (κ1) is 12.6. The van der Waals surface area contributed by atoms with E-state index in [9.17, 15) is 4.79 Å². The molecule has 0 bridgehead atoms. The van der Waals surface area contributed by atoms with Crippen molar-refractivity contribution in [1.29, 1.82) is 0 Å². The van der Waals surface area contributed by atoms with Crippen LogP contribution in [0.5, 0.6) is 0 Å². The molecule has 2 aromatic rings. The number of aromatic amines is 1. The smallest absolute Gasteiger partial charge is 0.311 e. The molecule has 96 valence electrons. The number of hydrogen-bond donors (Lipinski definition) is 2. The summed E-state index contributed by atoms with van der Waals surface area (Å²) in [6, 6.07) is 0. The minimum Gasteiger partial charge on any atom is -0.469 e. The monoisotopic (exact) mass is 266 g/mol. The lowest BCUT2D eigenvalue weighted by atomic mass is 10.3. The average Bonchev–Trinajstić information content (AvgIpc) is 2.91. The molecular formula is C11H14N4O2S. The zero-order chi connectivity index (χ0) is 13.1. The van der Waals surface area contributed by atoms with Gasteiger partial charge < -0.3 is 10.1 Å². The van der Waals surface area contributed by atoms with Gasteiger partial charge in [-0.1, -0.05) is 0 Å². The van der Waals surface area contributed by atoms with Crippen molar-refractivity contribution in [2.75, 3.05) is 12.4 Å². The highest BCUT2D eigenvalue weighted by Gasteiger charge is 2.11. The van der Waals surface area contributed by atoms with E-state index in [1.165, 1.54) is 18.4 Å². The molecule has 0 atom stereocenters. The number of aryl methyl sites for hydroxylation is 2. The fourth-order valence-corrected chi connectivity index (χ4v) is 2.22. The summed E-state index contributed by atoms with van der Waals surface area (Å²) in [6.07, 6.45) is 0.192. The van der Waals surface area contributed by atoms with Crippen LogP contribution in [0.15, 0.2) is 5.38 Å². The lowest BCUT2D eigenvalue weighted by Crippen LogP contribution is -2.04. The number of H-pyrrole nitrogens is 1. The van der Waals surface area contributed by atoms with Gasteiger partial charge >= 0.3 is 5.97 Å². The largest absolute Gasteiger partial charge is 0.469 e. The number of nitrogens with zero attached hydrogens (tertiary/aromatic N) is 2. The molecule has 6 nitrogen and oxygen atoms in total. The number of anilines is 2. The standard InChI is InChI=1S/C11H14N4O2S/c1-6-10(7(2)15-14-6)13-11-12-8(5-18-11)4-9(16)17-3/h5H,4H2,1-3H3,(H,12,13)(H,14,15). The van der Waals surface area contributed by atoms with Crippen molar-refractivity contribution in [2.45, 2.75) is 20.3 Å². The van der Waals surface area contributed by atoms with E-state index in [1.807, 2.05) is 19.2 Å². The lowest BCUT2D eigenvalue weighted by Gasteiger charge is -2.01. The number of carbonyl (C=O) groups excluding carboxylic acids is 1. The molecule has 0 saturated heterocycles. The summed E-state index contributed by atoms with van der Waals surface area (Å²) in [4.78, 5) is 15.4. The summed E-state index contributed by atoms with van der Waals surface area (Å²) in [7, 11) is 1.37. The van der Waals surface area contributed by atoms with Gasteiger partial charge in [-0.3, -0.25) is 9.89 Å². The molecule has 2 aromatic heterocycles. The van der Waals surface area contributed by atoms with Crippen LogP contribution in [0.4, 0.5) is 10.8 Å². The van der Waals surface area contributed by atoms with Crippen LogP contribution in [-0.4, -0.2) is 28.3 Å². The first-order valence-electron chi connectivity index (χ1n) is 5.40. The van der Waals surface area contributed by atoms with Gasteiger partial charge in [0, 0.05) is 5.38 Å². The number of esters is 1. The maximum absolute atomic E-state index is 11.1. The van der Waals surface area contributed by atoms with Gasteiger partial charge in [-0.15, -0.1) is 11.3 Å². The number of aromatic nitrogens is 3. The third kappa shape index (κ3) is 2.67. The number of carbonyl (C=O) groups is 1. The Morgan fingerprint density at radius 3 is 2.94 bits per heavy atom. The first-order chi connectivity index (χ1) is 8.60. The second-order valence-electron chi connectivity index (χ2n) is 3.83. The van der Waals surface area contributed by atoms with Gasteiger partial charge in [0.2, 0.25) is 0 Å². The number of ether oxygens (including phenoxy) is 1. The molecule has 2 heterocycles. The van der Waals surface area contributed by atoms with Crippen molar-refractivity contribution in [3.63, 3.8) is 0 Å². The highest BCUT2D eigenvalue weighted by atomic mass is 32.1. The van der Waals surface area contributed by atoms with Gasteiger partial charge in [-0.2, -0.15) is 5.10 Å². The molecule has 0 aromatic carbocycles. The molecule has 0 radical (unpaired) electrons. The number of thiazole rings is 1. The first-order valence-corrected chi connectivity index (χ1v) is 6.28. The Morgan fingerprint density at radius 2 is 2.33 bits per heavy atom. The maximum Gasteiger partial charge on any atom is 0.311 e. The molecule has 2 N–H and O–H groups in total. The molecular weight excluding hydrogens is 252 g/mol. The fraction of sp³-hybridized carbons (Fsp3) is 0.364. The SMILES string of the molecule is COC(=O)Cc1csc(Nc2c(C)n[nH]c2C)n1. The molecule has 0 saturated carbocycles. The Balaban J connectivity index is 2.09. The summed E-state index contributed by atoms with van der Waals surface area (Å²) >= 11 is 1.45. The van der Waals surface area contributed by atoms with Gasteiger partial charge in [0.1, 0.15) is 0 Å².